The molecule has 2 atom stereocenters. The van der Waals surface area contributed by atoms with E-state index < -0.39 is 17.6 Å². The number of ether oxygens (including phenoxy) is 1. The fourth-order valence-electron chi connectivity index (χ4n) is 3.98. The van der Waals surface area contributed by atoms with Gasteiger partial charge in [0, 0.05) is 25.6 Å². The minimum Gasteiger partial charge on any atom is -0.445 e. The van der Waals surface area contributed by atoms with Crippen LogP contribution in [0.25, 0.3) is 0 Å². The second-order valence-corrected chi connectivity index (χ2v) is 8.06. The summed E-state index contributed by atoms with van der Waals surface area (Å²) in [5.74, 6) is -1.21. The number of carbonyl (C=O) groups is 3. The van der Waals surface area contributed by atoms with Gasteiger partial charge in [-0.05, 0) is 31.0 Å². The first-order valence-electron chi connectivity index (χ1n) is 10.00. The van der Waals surface area contributed by atoms with Crippen LogP contribution in [-0.4, -0.2) is 58.0 Å². The van der Waals surface area contributed by atoms with Gasteiger partial charge in [0.1, 0.15) is 6.61 Å². The highest BCUT2D eigenvalue weighted by molar-refractivity contribution is 6.21. The van der Waals surface area contributed by atoms with E-state index in [9.17, 15) is 19.5 Å². The van der Waals surface area contributed by atoms with Crippen LogP contribution in [0.1, 0.15) is 39.6 Å². The van der Waals surface area contributed by atoms with Gasteiger partial charge in [-0.25, -0.2) is 4.79 Å². The zero-order chi connectivity index (χ0) is 21.3. The molecule has 2 heterocycles. The van der Waals surface area contributed by atoms with Crippen LogP contribution in [0.4, 0.5) is 4.79 Å². The van der Waals surface area contributed by atoms with E-state index in [-0.39, 0.29) is 31.5 Å². The lowest BCUT2D eigenvalue weighted by Gasteiger charge is -2.43. The number of fused-ring (bicyclic) bond motifs is 1. The van der Waals surface area contributed by atoms with E-state index in [1.165, 1.54) is 9.80 Å². The van der Waals surface area contributed by atoms with Crippen molar-refractivity contribution in [2.75, 3.05) is 19.6 Å². The van der Waals surface area contributed by atoms with Gasteiger partial charge < -0.3 is 14.7 Å². The molecule has 0 aliphatic carbocycles. The molecule has 2 aliphatic rings. The molecule has 30 heavy (non-hydrogen) atoms. The van der Waals surface area contributed by atoms with Crippen molar-refractivity contribution < 1.29 is 24.2 Å². The lowest BCUT2D eigenvalue weighted by molar-refractivity contribution is -0.0604. The third-order valence-electron chi connectivity index (χ3n) is 5.95. The van der Waals surface area contributed by atoms with Gasteiger partial charge in [-0.1, -0.05) is 42.5 Å². The summed E-state index contributed by atoms with van der Waals surface area (Å²) >= 11 is 0. The SMILES string of the molecule is CC1(O)CCN(C(=O)OCc2ccccc2)CC1CN1C(=O)c2ccccc2C1=O. The van der Waals surface area contributed by atoms with Gasteiger partial charge in [0.25, 0.3) is 11.8 Å². The third-order valence-corrected chi connectivity index (χ3v) is 5.95. The van der Waals surface area contributed by atoms with Gasteiger partial charge in [0.05, 0.1) is 16.7 Å². The summed E-state index contributed by atoms with van der Waals surface area (Å²) in [5, 5.41) is 10.9. The number of benzene rings is 2. The van der Waals surface area contributed by atoms with Gasteiger partial charge in [0.15, 0.2) is 0 Å². The Hall–Kier alpha value is -3.19. The number of aliphatic hydroxyl groups is 1. The molecule has 2 aliphatic heterocycles. The highest BCUT2D eigenvalue weighted by Crippen LogP contribution is 2.31. The first-order chi connectivity index (χ1) is 14.4. The van der Waals surface area contributed by atoms with Crippen molar-refractivity contribution in [1.82, 2.24) is 9.80 Å². The standard InChI is InChI=1S/C23H24N2O5/c1-23(29)11-12-24(22(28)30-15-16-7-3-2-4-8-16)13-17(23)14-25-20(26)18-9-5-6-10-19(18)21(25)27/h2-10,17,29H,11-15H2,1H3. The first-order valence-corrected chi connectivity index (χ1v) is 10.00. The Morgan fingerprint density at radius 2 is 1.67 bits per heavy atom. The van der Waals surface area contributed by atoms with Crippen molar-refractivity contribution in [1.29, 1.82) is 0 Å². The number of carbonyl (C=O) groups excluding carboxylic acids is 3. The highest BCUT2D eigenvalue weighted by atomic mass is 16.6. The van der Waals surface area contributed by atoms with E-state index in [4.69, 9.17) is 4.74 Å². The number of likely N-dealkylation sites (tertiary alicyclic amines) is 1. The van der Waals surface area contributed by atoms with Crippen LogP contribution in [0, 0.1) is 5.92 Å². The predicted molar refractivity (Wildman–Crippen MR) is 109 cm³/mol. The predicted octanol–water partition coefficient (Wildman–Crippen LogP) is 2.69. The van der Waals surface area contributed by atoms with Crippen LogP contribution >= 0.6 is 0 Å². The normalized spacial score (nSPS) is 23.5. The molecule has 0 spiro atoms. The Kier molecular flexibility index (Phi) is 5.30. The minimum absolute atomic E-state index is 0.0435. The van der Waals surface area contributed by atoms with Crippen LogP contribution < -0.4 is 0 Å². The lowest BCUT2D eigenvalue weighted by atomic mass is 9.82. The summed E-state index contributed by atoms with van der Waals surface area (Å²) in [6.07, 6.45) is -0.136. The zero-order valence-electron chi connectivity index (χ0n) is 16.8. The molecule has 0 radical (unpaired) electrons. The zero-order valence-corrected chi connectivity index (χ0v) is 16.8. The number of piperidine rings is 1. The summed E-state index contributed by atoms with van der Waals surface area (Å²) in [4.78, 5) is 40.6. The second kappa shape index (κ2) is 7.91. The van der Waals surface area contributed by atoms with Crippen LogP contribution in [-0.2, 0) is 11.3 Å². The smallest absolute Gasteiger partial charge is 0.410 e. The van der Waals surface area contributed by atoms with Crippen molar-refractivity contribution >= 4 is 17.9 Å². The van der Waals surface area contributed by atoms with Crippen LogP contribution in [0.5, 0.6) is 0 Å². The number of hydrogen-bond donors (Lipinski definition) is 1. The monoisotopic (exact) mass is 408 g/mol. The molecule has 3 amide bonds. The molecule has 1 fully saturated rings. The molecule has 0 aromatic heterocycles. The summed E-state index contributed by atoms with van der Waals surface area (Å²) in [6.45, 7) is 2.44. The molecular weight excluding hydrogens is 384 g/mol. The molecule has 4 rings (SSSR count). The molecule has 0 bridgehead atoms. The molecule has 2 aromatic rings. The van der Waals surface area contributed by atoms with Crippen molar-refractivity contribution in [2.45, 2.75) is 25.6 Å². The highest BCUT2D eigenvalue weighted by Gasteiger charge is 2.44. The Balaban J connectivity index is 1.43. The summed E-state index contributed by atoms with van der Waals surface area (Å²) in [6, 6.07) is 16.1. The van der Waals surface area contributed by atoms with Gasteiger partial charge >= 0.3 is 6.09 Å². The van der Waals surface area contributed by atoms with Gasteiger partial charge in [-0.15, -0.1) is 0 Å². The molecule has 7 heteroatoms. The molecule has 2 unspecified atom stereocenters. The lowest BCUT2D eigenvalue weighted by Crippen LogP contribution is -2.56. The van der Waals surface area contributed by atoms with E-state index in [0.717, 1.165) is 5.56 Å². The number of amides is 3. The Bertz CT molecular complexity index is 938. The van der Waals surface area contributed by atoms with Gasteiger partial charge in [-0.3, -0.25) is 14.5 Å². The maximum Gasteiger partial charge on any atom is 0.410 e. The quantitative estimate of drug-likeness (QED) is 0.786. The first kappa shape index (κ1) is 20.1. The number of hydrogen-bond acceptors (Lipinski definition) is 5. The van der Waals surface area contributed by atoms with Crippen molar-refractivity contribution in [3.8, 4) is 0 Å². The Labute approximate surface area is 174 Å². The summed E-state index contributed by atoms with van der Waals surface area (Å²) < 4.78 is 5.40. The molecule has 1 N–H and O–H groups in total. The maximum atomic E-state index is 12.7. The van der Waals surface area contributed by atoms with E-state index in [1.54, 1.807) is 31.2 Å². The average molecular weight is 408 g/mol. The van der Waals surface area contributed by atoms with Crippen LogP contribution in [0.2, 0.25) is 0 Å². The fraction of sp³-hybridized carbons (Fsp3) is 0.348. The van der Waals surface area contributed by atoms with E-state index >= 15 is 0 Å². The minimum atomic E-state index is -1.11. The Morgan fingerprint density at radius 1 is 1.07 bits per heavy atom. The molecular formula is C23H24N2O5. The summed E-state index contributed by atoms with van der Waals surface area (Å²) in [5.41, 5.74) is 0.525. The van der Waals surface area contributed by atoms with E-state index in [0.29, 0.717) is 24.1 Å². The molecule has 156 valence electrons. The van der Waals surface area contributed by atoms with E-state index in [1.807, 2.05) is 30.3 Å². The van der Waals surface area contributed by atoms with Crippen LogP contribution in [0.3, 0.4) is 0 Å². The second-order valence-electron chi connectivity index (χ2n) is 8.06. The molecule has 0 saturated carbocycles. The fourth-order valence-corrected chi connectivity index (χ4v) is 3.98. The van der Waals surface area contributed by atoms with Crippen molar-refractivity contribution in [3.63, 3.8) is 0 Å². The number of nitrogens with zero attached hydrogens (tertiary/aromatic N) is 2. The third kappa shape index (κ3) is 3.80. The topological polar surface area (TPSA) is 87.2 Å². The van der Waals surface area contributed by atoms with Crippen molar-refractivity contribution in [2.24, 2.45) is 5.92 Å². The average Bonchev–Trinajstić information content (AvgIpc) is 2.99. The molecule has 1 saturated heterocycles. The van der Waals surface area contributed by atoms with Crippen molar-refractivity contribution in [3.05, 3.63) is 71.3 Å². The maximum absolute atomic E-state index is 12.7. The van der Waals surface area contributed by atoms with E-state index in [2.05, 4.69) is 0 Å². The number of imide groups is 1. The number of rotatable bonds is 4. The van der Waals surface area contributed by atoms with Gasteiger partial charge in [0.2, 0.25) is 0 Å². The van der Waals surface area contributed by atoms with Gasteiger partial charge in [-0.2, -0.15) is 0 Å². The Morgan fingerprint density at radius 3 is 2.30 bits per heavy atom. The molecule has 2 aromatic carbocycles. The molecule has 7 nitrogen and oxygen atoms in total. The summed E-state index contributed by atoms with van der Waals surface area (Å²) in [7, 11) is 0. The van der Waals surface area contributed by atoms with Crippen LogP contribution in [0.15, 0.2) is 54.6 Å². The largest absolute Gasteiger partial charge is 0.445 e.